The third kappa shape index (κ3) is 4.21. The van der Waals surface area contributed by atoms with Crippen molar-refractivity contribution in [2.75, 3.05) is 19.4 Å². The van der Waals surface area contributed by atoms with E-state index in [1.54, 1.807) is 0 Å². The van der Waals surface area contributed by atoms with Crippen LogP contribution in [0.25, 0.3) is 0 Å². The van der Waals surface area contributed by atoms with E-state index in [-0.39, 0.29) is 5.69 Å². The van der Waals surface area contributed by atoms with Crippen LogP contribution >= 0.6 is 0 Å². The average Bonchev–Trinajstić information content (AvgIpc) is 2.18. The van der Waals surface area contributed by atoms with Crippen LogP contribution in [-0.4, -0.2) is 31.4 Å². The highest BCUT2D eigenvalue weighted by Gasteiger charge is 2.32. The Kier molecular flexibility index (Phi) is 3.82. The van der Waals surface area contributed by atoms with Crippen LogP contribution in [0.3, 0.4) is 0 Å². The van der Waals surface area contributed by atoms with Crippen molar-refractivity contribution in [3.05, 3.63) is 24.3 Å². The van der Waals surface area contributed by atoms with Crippen LogP contribution in [0.4, 0.5) is 23.7 Å². The molecule has 0 atom stereocenters. The number of alkyl halides is 3. The summed E-state index contributed by atoms with van der Waals surface area (Å²) in [6.07, 6.45) is -4.79. The van der Waals surface area contributed by atoms with Gasteiger partial charge in [-0.1, -0.05) is 12.1 Å². The molecule has 1 rings (SSSR count). The molecule has 0 aliphatic carbocycles. The molecule has 0 unspecified atom stereocenters. The van der Waals surface area contributed by atoms with Crippen LogP contribution in [0.5, 0.6) is 5.75 Å². The molecule has 94 valence electrons. The normalized spacial score (nSPS) is 10.9. The summed E-state index contributed by atoms with van der Waals surface area (Å²) in [5, 5.41) is 2.29. The van der Waals surface area contributed by atoms with E-state index in [0.29, 0.717) is 0 Å². The van der Waals surface area contributed by atoms with Crippen LogP contribution in [0.1, 0.15) is 0 Å². The third-order valence-electron chi connectivity index (χ3n) is 1.76. The van der Waals surface area contributed by atoms with Gasteiger partial charge in [0.15, 0.2) is 5.75 Å². The van der Waals surface area contributed by atoms with Gasteiger partial charge in [-0.15, -0.1) is 13.2 Å². The smallest absolute Gasteiger partial charge is 0.404 e. The second-order valence-electron chi connectivity index (χ2n) is 3.37. The molecule has 0 aliphatic heterocycles. The average molecular weight is 248 g/mol. The van der Waals surface area contributed by atoms with Gasteiger partial charge in [0.2, 0.25) is 0 Å². The highest BCUT2D eigenvalue weighted by Crippen LogP contribution is 2.29. The van der Waals surface area contributed by atoms with E-state index < -0.39 is 18.1 Å². The van der Waals surface area contributed by atoms with Crippen LogP contribution in [0, 0.1) is 0 Å². The molecular weight excluding hydrogens is 237 g/mol. The number of halogens is 3. The lowest BCUT2D eigenvalue weighted by atomic mass is 10.3. The van der Waals surface area contributed by atoms with Gasteiger partial charge < -0.3 is 15.0 Å². The molecule has 0 saturated heterocycles. The summed E-state index contributed by atoms with van der Waals surface area (Å²) in [4.78, 5) is 12.5. The molecule has 1 aromatic rings. The molecule has 2 amide bonds. The van der Waals surface area contributed by atoms with Gasteiger partial charge in [0.25, 0.3) is 0 Å². The molecule has 7 heteroatoms. The fourth-order valence-corrected chi connectivity index (χ4v) is 1.01. The number of hydrogen-bond donors (Lipinski definition) is 1. The predicted molar refractivity (Wildman–Crippen MR) is 55.8 cm³/mol. The Balaban J connectivity index is 2.89. The molecule has 0 heterocycles. The number of urea groups is 1. The fraction of sp³-hybridized carbons (Fsp3) is 0.300. The Morgan fingerprint density at radius 2 is 1.88 bits per heavy atom. The van der Waals surface area contributed by atoms with Gasteiger partial charge in [-0.2, -0.15) is 0 Å². The Morgan fingerprint density at radius 1 is 1.29 bits per heavy atom. The molecule has 0 bridgehead atoms. The lowest BCUT2D eigenvalue weighted by Crippen LogP contribution is -2.28. The second-order valence-corrected chi connectivity index (χ2v) is 3.37. The van der Waals surface area contributed by atoms with Crippen molar-refractivity contribution in [2.45, 2.75) is 6.36 Å². The molecule has 17 heavy (non-hydrogen) atoms. The first-order valence-electron chi connectivity index (χ1n) is 4.62. The maximum atomic E-state index is 12.1. The van der Waals surface area contributed by atoms with Crippen molar-refractivity contribution in [1.29, 1.82) is 0 Å². The van der Waals surface area contributed by atoms with E-state index >= 15 is 0 Å². The van der Waals surface area contributed by atoms with Gasteiger partial charge >= 0.3 is 12.4 Å². The summed E-state index contributed by atoms with van der Waals surface area (Å²) >= 11 is 0. The zero-order chi connectivity index (χ0) is 13.1. The number of nitrogens with zero attached hydrogens (tertiary/aromatic N) is 1. The second kappa shape index (κ2) is 4.94. The standard InChI is InChI=1S/C10H11F3N2O2/c1-15(2)9(16)14-7-5-3-4-6-8(7)17-10(11,12)13/h3-6H,1-2H3,(H,14,16). The Hall–Kier alpha value is -1.92. The first kappa shape index (κ1) is 13.1. The minimum Gasteiger partial charge on any atom is -0.404 e. The van der Waals surface area contributed by atoms with Crippen LogP contribution in [0.15, 0.2) is 24.3 Å². The lowest BCUT2D eigenvalue weighted by Gasteiger charge is -2.16. The summed E-state index contributed by atoms with van der Waals surface area (Å²) in [6, 6.07) is 4.78. The van der Waals surface area contributed by atoms with E-state index in [1.807, 2.05) is 0 Å². The van der Waals surface area contributed by atoms with E-state index in [1.165, 1.54) is 37.2 Å². The fourth-order valence-electron chi connectivity index (χ4n) is 1.01. The lowest BCUT2D eigenvalue weighted by molar-refractivity contribution is -0.274. The Bertz CT molecular complexity index is 405. The number of carbonyl (C=O) groups is 1. The van der Waals surface area contributed by atoms with Crippen LogP contribution in [0.2, 0.25) is 0 Å². The first-order chi connectivity index (χ1) is 7.79. The predicted octanol–water partition coefficient (Wildman–Crippen LogP) is 2.68. The zero-order valence-electron chi connectivity index (χ0n) is 9.21. The molecule has 0 saturated carbocycles. The van der Waals surface area contributed by atoms with Gasteiger partial charge in [-0.25, -0.2) is 4.79 Å². The van der Waals surface area contributed by atoms with E-state index in [0.717, 1.165) is 6.07 Å². The molecular formula is C10H11F3N2O2. The van der Waals surface area contributed by atoms with Crippen LogP contribution in [-0.2, 0) is 0 Å². The van der Waals surface area contributed by atoms with E-state index in [2.05, 4.69) is 10.1 Å². The minimum atomic E-state index is -4.79. The number of benzene rings is 1. The summed E-state index contributed by atoms with van der Waals surface area (Å²) in [5.74, 6) is -0.449. The third-order valence-corrected chi connectivity index (χ3v) is 1.76. The number of para-hydroxylation sites is 2. The minimum absolute atomic E-state index is 0.0384. The maximum Gasteiger partial charge on any atom is 0.573 e. The van der Waals surface area contributed by atoms with Crippen molar-refractivity contribution in [2.24, 2.45) is 0 Å². The summed E-state index contributed by atoms with van der Waals surface area (Å²) in [7, 11) is 2.95. The van der Waals surface area contributed by atoms with Gasteiger partial charge in [0, 0.05) is 14.1 Å². The number of carbonyl (C=O) groups excluding carboxylic acids is 1. The zero-order valence-corrected chi connectivity index (χ0v) is 9.21. The topological polar surface area (TPSA) is 41.6 Å². The SMILES string of the molecule is CN(C)C(=O)Nc1ccccc1OC(F)(F)F. The molecule has 0 spiro atoms. The Labute approximate surface area is 96.0 Å². The van der Waals surface area contributed by atoms with Gasteiger partial charge in [0.05, 0.1) is 5.69 Å². The van der Waals surface area contributed by atoms with Gasteiger partial charge in [-0.05, 0) is 12.1 Å². The maximum absolute atomic E-state index is 12.1. The van der Waals surface area contributed by atoms with Crippen molar-refractivity contribution in [3.63, 3.8) is 0 Å². The van der Waals surface area contributed by atoms with E-state index in [9.17, 15) is 18.0 Å². The highest BCUT2D eigenvalue weighted by molar-refractivity contribution is 5.90. The van der Waals surface area contributed by atoms with Gasteiger partial charge in [0.1, 0.15) is 0 Å². The van der Waals surface area contributed by atoms with Gasteiger partial charge in [-0.3, -0.25) is 0 Å². The molecule has 1 N–H and O–H groups in total. The largest absolute Gasteiger partial charge is 0.573 e. The summed E-state index contributed by atoms with van der Waals surface area (Å²) in [5.41, 5.74) is -0.0384. The molecule has 4 nitrogen and oxygen atoms in total. The number of rotatable bonds is 2. The number of hydrogen-bond acceptors (Lipinski definition) is 2. The molecule has 1 aromatic carbocycles. The molecule has 0 aliphatic rings. The van der Waals surface area contributed by atoms with Crippen molar-refractivity contribution in [1.82, 2.24) is 4.90 Å². The van der Waals surface area contributed by atoms with Crippen LogP contribution < -0.4 is 10.1 Å². The highest BCUT2D eigenvalue weighted by atomic mass is 19.4. The molecule has 0 fully saturated rings. The van der Waals surface area contributed by atoms with Crippen molar-refractivity contribution in [3.8, 4) is 5.75 Å². The molecule has 0 aromatic heterocycles. The quantitative estimate of drug-likeness (QED) is 0.874. The molecule has 0 radical (unpaired) electrons. The Morgan fingerprint density at radius 3 is 2.41 bits per heavy atom. The monoisotopic (exact) mass is 248 g/mol. The first-order valence-corrected chi connectivity index (χ1v) is 4.62. The number of ether oxygens (including phenoxy) is 1. The van der Waals surface area contributed by atoms with Crippen molar-refractivity contribution >= 4 is 11.7 Å². The number of anilines is 1. The summed E-state index contributed by atoms with van der Waals surface area (Å²) < 4.78 is 40.0. The number of nitrogens with one attached hydrogen (secondary N) is 1. The number of amides is 2. The summed E-state index contributed by atoms with van der Waals surface area (Å²) in [6.45, 7) is 0. The van der Waals surface area contributed by atoms with E-state index in [4.69, 9.17) is 0 Å². The van der Waals surface area contributed by atoms with Crippen molar-refractivity contribution < 1.29 is 22.7 Å².